The number of nitrogens with one attached hydrogen (secondary N) is 1. The first-order chi connectivity index (χ1) is 10.1. The number of carbonyl (C=O) groups is 1. The van der Waals surface area contributed by atoms with Crippen molar-refractivity contribution in [3.8, 4) is 5.75 Å². The van der Waals surface area contributed by atoms with Crippen LogP contribution in [-0.2, 0) is 4.79 Å². The number of allylic oxidation sites excluding steroid dienone is 2. The lowest BCUT2D eigenvalue weighted by atomic mass is 9.93. The molecule has 0 saturated heterocycles. The van der Waals surface area contributed by atoms with Crippen LogP contribution in [0.5, 0.6) is 5.75 Å². The summed E-state index contributed by atoms with van der Waals surface area (Å²) in [5, 5.41) is 14.7. The Kier molecular flexibility index (Phi) is 3.17. The van der Waals surface area contributed by atoms with Gasteiger partial charge in [0.15, 0.2) is 5.78 Å². The standard InChI is InChI=1S/C14H15N5O2/c1-8-12(9(2)20)13(19-14(15-8)16-17-18-19)10-5-4-6-11(7-10)21-3/h4-7,13H,1-3H3,(H,15,16,18). The molecular weight excluding hydrogens is 270 g/mol. The largest absolute Gasteiger partial charge is 0.497 e. The monoisotopic (exact) mass is 285 g/mol. The van der Waals surface area contributed by atoms with Gasteiger partial charge in [0.1, 0.15) is 11.8 Å². The van der Waals surface area contributed by atoms with E-state index in [2.05, 4.69) is 20.8 Å². The van der Waals surface area contributed by atoms with Gasteiger partial charge in [0, 0.05) is 11.3 Å². The Hall–Kier alpha value is -2.70. The molecular formula is C14H15N5O2. The molecule has 108 valence electrons. The molecule has 2 heterocycles. The molecule has 0 bridgehead atoms. The number of carbonyl (C=O) groups excluding carboxylic acids is 1. The molecule has 7 heteroatoms. The first-order valence-electron chi connectivity index (χ1n) is 6.52. The Morgan fingerprint density at radius 2 is 2.24 bits per heavy atom. The molecule has 0 spiro atoms. The van der Waals surface area contributed by atoms with Crippen LogP contribution in [0.2, 0.25) is 0 Å². The summed E-state index contributed by atoms with van der Waals surface area (Å²) in [6.45, 7) is 3.39. The summed E-state index contributed by atoms with van der Waals surface area (Å²) in [6, 6.07) is 7.20. The van der Waals surface area contributed by atoms with Gasteiger partial charge in [-0.2, -0.15) is 4.68 Å². The molecule has 0 amide bonds. The van der Waals surface area contributed by atoms with E-state index >= 15 is 0 Å². The summed E-state index contributed by atoms with van der Waals surface area (Å²) >= 11 is 0. The van der Waals surface area contributed by atoms with Crippen LogP contribution in [0.4, 0.5) is 5.95 Å². The predicted octanol–water partition coefficient (Wildman–Crippen LogP) is 1.56. The highest BCUT2D eigenvalue weighted by Crippen LogP contribution is 2.35. The van der Waals surface area contributed by atoms with E-state index in [9.17, 15) is 4.79 Å². The number of tetrazole rings is 1. The Morgan fingerprint density at radius 1 is 1.43 bits per heavy atom. The highest BCUT2D eigenvalue weighted by atomic mass is 16.5. The third kappa shape index (κ3) is 2.16. The number of aromatic nitrogens is 4. The molecule has 1 N–H and O–H groups in total. The van der Waals surface area contributed by atoms with Crippen molar-refractivity contribution < 1.29 is 9.53 Å². The Morgan fingerprint density at radius 3 is 2.95 bits per heavy atom. The number of hydrogen-bond acceptors (Lipinski definition) is 6. The van der Waals surface area contributed by atoms with Gasteiger partial charge in [0.25, 0.3) is 0 Å². The maximum absolute atomic E-state index is 12.1. The third-order valence-electron chi connectivity index (χ3n) is 3.50. The minimum absolute atomic E-state index is 0.0195. The fourth-order valence-electron chi connectivity index (χ4n) is 2.59. The second kappa shape index (κ2) is 5.01. The number of benzene rings is 1. The maximum atomic E-state index is 12.1. The summed E-state index contributed by atoms with van der Waals surface area (Å²) in [7, 11) is 1.61. The van der Waals surface area contributed by atoms with Crippen LogP contribution in [0.15, 0.2) is 35.5 Å². The van der Waals surface area contributed by atoms with Crippen molar-refractivity contribution in [2.75, 3.05) is 12.4 Å². The van der Waals surface area contributed by atoms with Crippen LogP contribution < -0.4 is 10.1 Å². The number of Topliss-reactive ketones (excluding diaryl/α,β-unsaturated/α-hetero) is 1. The van der Waals surface area contributed by atoms with Crippen molar-refractivity contribution in [1.82, 2.24) is 20.2 Å². The van der Waals surface area contributed by atoms with Crippen LogP contribution in [0.1, 0.15) is 25.5 Å². The first-order valence-corrected chi connectivity index (χ1v) is 6.52. The van der Waals surface area contributed by atoms with Crippen molar-refractivity contribution in [3.05, 3.63) is 41.1 Å². The van der Waals surface area contributed by atoms with E-state index in [-0.39, 0.29) is 11.8 Å². The Bertz CT molecular complexity index is 734. The number of fused-ring (bicyclic) bond motifs is 1. The molecule has 0 radical (unpaired) electrons. The summed E-state index contributed by atoms with van der Waals surface area (Å²) in [5.41, 5.74) is 2.30. The van der Waals surface area contributed by atoms with Gasteiger partial charge in [0.2, 0.25) is 5.95 Å². The van der Waals surface area contributed by atoms with Crippen molar-refractivity contribution in [2.45, 2.75) is 19.9 Å². The molecule has 2 aromatic rings. The Balaban J connectivity index is 2.19. The zero-order valence-corrected chi connectivity index (χ0v) is 12.0. The van der Waals surface area contributed by atoms with Crippen molar-refractivity contribution in [1.29, 1.82) is 0 Å². The van der Waals surface area contributed by atoms with Gasteiger partial charge in [-0.05, 0) is 42.0 Å². The van der Waals surface area contributed by atoms with Gasteiger partial charge in [-0.1, -0.05) is 17.2 Å². The normalized spacial score (nSPS) is 17.2. The highest BCUT2D eigenvalue weighted by Gasteiger charge is 2.32. The number of methoxy groups -OCH3 is 1. The SMILES string of the molecule is COc1cccc(C2C(C(C)=O)=C(C)Nc3nnnn32)c1. The summed E-state index contributed by atoms with van der Waals surface area (Å²) in [6.07, 6.45) is 0. The molecule has 1 aliphatic rings. The second-order valence-corrected chi connectivity index (χ2v) is 4.85. The molecule has 0 saturated carbocycles. The highest BCUT2D eigenvalue weighted by molar-refractivity contribution is 5.96. The predicted molar refractivity (Wildman–Crippen MR) is 76.0 cm³/mol. The zero-order valence-electron chi connectivity index (χ0n) is 12.0. The average Bonchev–Trinajstić information content (AvgIpc) is 2.93. The number of ketones is 1. The number of rotatable bonds is 3. The van der Waals surface area contributed by atoms with Gasteiger partial charge >= 0.3 is 0 Å². The maximum Gasteiger partial charge on any atom is 0.248 e. The van der Waals surface area contributed by atoms with E-state index in [1.165, 1.54) is 0 Å². The van der Waals surface area contributed by atoms with E-state index < -0.39 is 0 Å². The number of anilines is 1. The summed E-state index contributed by atoms with van der Waals surface area (Å²) in [4.78, 5) is 12.1. The van der Waals surface area contributed by atoms with Crippen molar-refractivity contribution in [3.63, 3.8) is 0 Å². The van der Waals surface area contributed by atoms with E-state index in [1.807, 2.05) is 31.2 Å². The fourth-order valence-corrected chi connectivity index (χ4v) is 2.59. The van der Waals surface area contributed by atoms with Crippen LogP contribution in [0.3, 0.4) is 0 Å². The molecule has 0 aliphatic carbocycles. The summed E-state index contributed by atoms with van der Waals surface area (Å²) in [5.74, 6) is 1.22. The number of ether oxygens (including phenoxy) is 1. The van der Waals surface area contributed by atoms with Crippen LogP contribution in [0.25, 0.3) is 0 Å². The smallest absolute Gasteiger partial charge is 0.248 e. The molecule has 7 nitrogen and oxygen atoms in total. The van der Waals surface area contributed by atoms with E-state index in [1.54, 1.807) is 18.7 Å². The van der Waals surface area contributed by atoms with Crippen LogP contribution in [0, 0.1) is 0 Å². The van der Waals surface area contributed by atoms with Gasteiger partial charge in [-0.15, -0.1) is 0 Å². The lowest BCUT2D eigenvalue weighted by molar-refractivity contribution is -0.114. The van der Waals surface area contributed by atoms with Gasteiger partial charge < -0.3 is 10.1 Å². The van der Waals surface area contributed by atoms with Crippen molar-refractivity contribution >= 4 is 11.7 Å². The Labute approximate surface area is 121 Å². The molecule has 1 aromatic heterocycles. The molecule has 3 rings (SSSR count). The zero-order chi connectivity index (χ0) is 15.0. The second-order valence-electron chi connectivity index (χ2n) is 4.85. The third-order valence-corrected chi connectivity index (χ3v) is 3.50. The lowest BCUT2D eigenvalue weighted by Gasteiger charge is -2.27. The van der Waals surface area contributed by atoms with E-state index in [0.29, 0.717) is 11.5 Å². The van der Waals surface area contributed by atoms with Crippen molar-refractivity contribution in [2.24, 2.45) is 0 Å². The van der Waals surface area contributed by atoms with E-state index in [0.717, 1.165) is 17.0 Å². The molecule has 1 aromatic carbocycles. The topological polar surface area (TPSA) is 81.9 Å². The molecule has 21 heavy (non-hydrogen) atoms. The molecule has 0 fully saturated rings. The first kappa shape index (κ1) is 13.3. The van der Waals surface area contributed by atoms with Gasteiger partial charge in [-0.25, -0.2) is 0 Å². The van der Waals surface area contributed by atoms with E-state index in [4.69, 9.17) is 4.74 Å². The number of nitrogens with zero attached hydrogens (tertiary/aromatic N) is 4. The quantitative estimate of drug-likeness (QED) is 0.921. The number of hydrogen-bond donors (Lipinski definition) is 1. The van der Waals surface area contributed by atoms with Crippen LogP contribution in [-0.4, -0.2) is 33.1 Å². The average molecular weight is 285 g/mol. The lowest BCUT2D eigenvalue weighted by Crippen LogP contribution is -2.27. The minimum Gasteiger partial charge on any atom is -0.497 e. The molecule has 1 atom stereocenters. The summed E-state index contributed by atoms with van der Waals surface area (Å²) < 4.78 is 6.87. The van der Waals surface area contributed by atoms with Gasteiger partial charge in [0.05, 0.1) is 7.11 Å². The molecule has 1 unspecified atom stereocenters. The van der Waals surface area contributed by atoms with Crippen LogP contribution >= 0.6 is 0 Å². The fraction of sp³-hybridized carbons (Fsp3) is 0.286. The molecule has 1 aliphatic heterocycles. The van der Waals surface area contributed by atoms with Gasteiger partial charge in [-0.3, -0.25) is 4.79 Å². The minimum atomic E-state index is -0.358.